The SMILES string of the molecule is COC(=O)C12CCC(C)(C)CC1C1C(=O)C=C3C4(C)C=C(C(F)(F)F)C(=O)C(C)(C)C4CCC3(C)C1(C)CC2. The molecule has 7 atom stereocenters. The Labute approximate surface area is 230 Å². The molecule has 0 bridgehead atoms. The molecule has 0 heterocycles. The van der Waals surface area contributed by atoms with Crippen LogP contribution in [0.2, 0.25) is 0 Å². The minimum absolute atomic E-state index is 0.0344. The number of ether oxygens (including phenoxy) is 1. The number of fused-ring (bicyclic) bond motifs is 7. The fourth-order valence-electron chi connectivity index (χ4n) is 10.3. The molecule has 39 heavy (non-hydrogen) atoms. The number of rotatable bonds is 1. The summed E-state index contributed by atoms with van der Waals surface area (Å²) in [7, 11) is 1.42. The molecule has 216 valence electrons. The van der Waals surface area contributed by atoms with Gasteiger partial charge in [0.25, 0.3) is 0 Å². The Balaban J connectivity index is 1.71. The molecular formula is C32H43F3O4. The van der Waals surface area contributed by atoms with Crippen LogP contribution in [0.3, 0.4) is 0 Å². The normalized spacial score (nSPS) is 44.6. The van der Waals surface area contributed by atoms with Gasteiger partial charge in [0.2, 0.25) is 0 Å². The summed E-state index contributed by atoms with van der Waals surface area (Å²) >= 11 is 0. The molecule has 0 saturated heterocycles. The van der Waals surface area contributed by atoms with E-state index in [0.717, 1.165) is 24.5 Å². The van der Waals surface area contributed by atoms with E-state index in [1.54, 1.807) is 19.9 Å². The van der Waals surface area contributed by atoms with Crippen molar-refractivity contribution in [2.24, 2.45) is 50.2 Å². The number of allylic oxidation sites excluding steroid dienone is 4. The van der Waals surface area contributed by atoms with Crippen molar-refractivity contribution < 1.29 is 32.3 Å². The van der Waals surface area contributed by atoms with Crippen molar-refractivity contribution in [2.45, 2.75) is 99.6 Å². The summed E-state index contributed by atoms with van der Waals surface area (Å²) in [4.78, 5) is 40.8. The van der Waals surface area contributed by atoms with E-state index in [9.17, 15) is 27.6 Å². The molecule has 5 aliphatic carbocycles. The van der Waals surface area contributed by atoms with Crippen molar-refractivity contribution in [1.82, 2.24) is 0 Å². The van der Waals surface area contributed by atoms with E-state index in [4.69, 9.17) is 4.74 Å². The topological polar surface area (TPSA) is 60.4 Å². The molecule has 5 aliphatic rings. The van der Waals surface area contributed by atoms with Crippen LogP contribution in [0.1, 0.15) is 93.4 Å². The van der Waals surface area contributed by atoms with E-state index in [-0.39, 0.29) is 29.0 Å². The molecular weight excluding hydrogens is 505 g/mol. The lowest BCUT2D eigenvalue weighted by molar-refractivity contribution is -0.191. The minimum atomic E-state index is -4.76. The van der Waals surface area contributed by atoms with E-state index in [1.807, 2.05) is 6.92 Å². The third kappa shape index (κ3) is 3.52. The highest BCUT2D eigenvalue weighted by atomic mass is 19.4. The lowest BCUT2D eigenvalue weighted by atomic mass is 9.34. The third-order valence-electron chi connectivity index (χ3n) is 12.6. The van der Waals surface area contributed by atoms with Crippen molar-refractivity contribution in [3.05, 3.63) is 23.3 Å². The summed E-state index contributed by atoms with van der Waals surface area (Å²) in [5.41, 5.74) is -4.49. The number of esters is 1. The van der Waals surface area contributed by atoms with Crippen LogP contribution in [0, 0.1) is 50.2 Å². The van der Waals surface area contributed by atoms with Crippen LogP contribution in [-0.4, -0.2) is 30.8 Å². The van der Waals surface area contributed by atoms with Crippen LogP contribution < -0.4 is 0 Å². The molecule has 0 amide bonds. The number of ketones is 2. The molecule has 7 heteroatoms. The van der Waals surface area contributed by atoms with Gasteiger partial charge in [0.15, 0.2) is 11.6 Å². The first-order valence-electron chi connectivity index (χ1n) is 14.4. The molecule has 4 nitrogen and oxygen atoms in total. The Bertz CT molecular complexity index is 1210. The fraction of sp³-hybridized carbons (Fsp3) is 0.781. The van der Waals surface area contributed by atoms with E-state index >= 15 is 0 Å². The first kappa shape index (κ1) is 28.6. The first-order chi connectivity index (χ1) is 17.7. The first-order valence-corrected chi connectivity index (χ1v) is 14.4. The summed E-state index contributed by atoms with van der Waals surface area (Å²) < 4.78 is 47.9. The van der Waals surface area contributed by atoms with Gasteiger partial charge in [-0.1, -0.05) is 60.1 Å². The zero-order valence-corrected chi connectivity index (χ0v) is 24.6. The Hall–Kier alpha value is -1.92. The predicted molar refractivity (Wildman–Crippen MR) is 141 cm³/mol. The molecule has 0 aromatic carbocycles. The second-order valence-corrected chi connectivity index (χ2v) is 15.3. The number of Topliss-reactive ketones (excluding diaryl/α,β-unsaturated/α-hetero) is 1. The summed E-state index contributed by atoms with van der Waals surface area (Å²) in [5, 5.41) is 0. The van der Waals surface area contributed by atoms with Gasteiger partial charge in [0.05, 0.1) is 18.1 Å². The number of carbonyl (C=O) groups excluding carboxylic acids is 3. The molecule has 0 aromatic heterocycles. The standard InChI is InChI=1S/C32H43F3O4/c1-26(2)11-13-31(25(38)39-8)14-12-30(7)23(18(31)16-26)20(36)15-22-28(5)17-19(32(33,34)35)24(37)27(3,4)21(28)9-10-29(22,30)6/h15,17-18,21,23H,9-14,16H2,1-8H3. The number of hydrogen-bond acceptors (Lipinski definition) is 4. The smallest absolute Gasteiger partial charge is 0.419 e. The van der Waals surface area contributed by atoms with Crippen molar-refractivity contribution in [3.63, 3.8) is 0 Å². The number of halogens is 3. The van der Waals surface area contributed by atoms with Crippen molar-refractivity contribution >= 4 is 17.5 Å². The van der Waals surface area contributed by atoms with Crippen LogP contribution in [0.15, 0.2) is 23.3 Å². The highest BCUT2D eigenvalue weighted by Crippen LogP contribution is 2.74. The number of methoxy groups -OCH3 is 1. The van der Waals surface area contributed by atoms with Gasteiger partial charge < -0.3 is 4.74 Å². The van der Waals surface area contributed by atoms with Gasteiger partial charge in [-0.15, -0.1) is 0 Å². The Kier molecular flexibility index (Phi) is 5.93. The molecule has 3 saturated carbocycles. The number of carbonyl (C=O) groups is 3. The summed E-state index contributed by atoms with van der Waals surface area (Å²) in [5.74, 6) is -2.13. The van der Waals surface area contributed by atoms with Gasteiger partial charge in [-0.05, 0) is 79.1 Å². The number of hydrogen-bond donors (Lipinski definition) is 0. The molecule has 0 aliphatic heterocycles. The summed E-state index contributed by atoms with van der Waals surface area (Å²) in [6, 6.07) is 0. The summed E-state index contributed by atoms with van der Waals surface area (Å²) in [6.45, 7) is 13.7. The lowest BCUT2D eigenvalue weighted by Crippen LogP contribution is -2.66. The van der Waals surface area contributed by atoms with E-state index < -0.39 is 50.5 Å². The predicted octanol–water partition coefficient (Wildman–Crippen LogP) is 7.42. The molecule has 7 unspecified atom stereocenters. The van der Waals surface area contributed by atoms with Crippen molar-refractivity contribution in [2.75, 3.05) is 7.11 Å². The summed E-state index contributed by atoms with van der Waals surface area (Å²) in [6.07, 6.45) is 2.83. The van der Waals surface area contributed by atoms with Crippen LogP contribution in [-0.2, 0) is 19.1 Å². The zero-order valence-electron chi connectivity index (χ0n) is 24.6. The molecule has 5 rings (SSSR count). The average molecular weight is 549 g/mol. The van der Waals surface area contributed by atoms with E-state index in [1.165, 1.54) is 7.11 Å². The van der Waals surface area contributed by atoms with Crippen molar-refractivity contribution in [1.29, 1.82) is 0 Å². The largest absolute Gasteiger partial charge is 0.469 e. The Morgan fingerprint density at radius 1 is 0.949 bits per heavy atom. The Morgan fingerprint density at radius 2 is 1.56 bits per heavy atom. The van der Waals surface area contributed by atoms with Crippen LogP contribution in [0.25, 0.3) is 0 Å². The maximum atomic E-state index is 14.3. The molecule has 0 radical (unpaired) electrons. The van der Waals surface area contributed by atoms with Crippen LogP contribution >= 0.6 is 0 Å². The van der Waals surface area contributed by atoms with E-state index in [0.29, 0.717) is 32.1 Å². The third-order valence-corrected chi connectivity index (χ3v) is 12.6. The van der Waals surface area contributed by atoms with Gasteiger partial charge in [-0.2, -0.15) is 13.2 Å². The van der Waals surface area contributed by atoms with Crippen LogP contribution in [0.4, 0.5) is 13.2 Å². The second-order valence-electron chi connectivity index (χ2n) is 15.3. The molecule has 3 fully saturated rings. The van der Waals surface area contributed by atoms with E-state index in [2.05, 4.69) is 27.7 Å². The molecule has 0 spiro atoms. The molecule has 0 aromatic rings. The highest BCUT2D eigenvalue weighted by Gasteiger charge is 2.71. The zero-order chi connectivity index (χ0) is 29.2. The van der Waals surface area contributed by atoms with Gasteiger partial charge in [-0.25, -0.2) is 0 Å². The quantitative estimate of drug-likeness (QED) is 0.320. The van der Waals surface area contributed by atoms with Crippen molar-refractivity contribution in [3.8, 4) is 0 Å². The monoisotopic (exact) mass is 548 g/mol. The van der Waals surface area contributed by atoms with Gasteiger partial charge in [0, 0.05) is 16.7 Å². The van der Waals surface area contributed by atoms with Gasteiger partial charge >= 0.3 is 12.1 Å². The second kappa shape index (κ2) is 8.09. The highest BCUT2D eigenvalue weighted by molar-refractivity contribution is 6.03. The average Bonchev–Trinajstić information content (AvgIpc) is 2.81. The fourth-order valence-corrected chi connectivity index (χ4v) is 10.3. The van der Waals surface area contributed by atoms with Gasteiger partial charge in [0.1, 0.15) is 0 Å². The number of alkyl halides is 3. The Morgan fingerprint density at radius 3 is 2.15 bits per heavy atom. The maximum absolute atomic E-state index is 14.3. The lowest BCUT2D eigenvalue weighted by Gasteiger charge is -2.68. The molecule has 0 N–H and O–H groups in total. The minimum Gasteiger partial charge on any atom is -0.469 e. The van der Waals surface area contributed by atoms with Gasteiger partial charge in [-0.3, -0.25) is 14.4 Å². The van der Waals surface area contributed by atoms with Crippen LogP contribution in [0.5, 0.6) is 0 Å². The maximum Gasteiger partial charge on any atom is 0.419 e.